The van der Waals surface area contributed by atoms with Gasteiger partial charge in [0.1, 0.15) is 30.2 Å². The summed E-state index contributed by atoms with van der Waals surface area (Å²) in [5.41, 5.74) is 16.5. The Morgan fingerprint density at radius 2 is 1.34 bits per heavy atom. The minimum absolute atomic E-state index is 0.0938. The number of primary amides is 1. The number of aliphatic hydroxyl groups excluding tert-OH is 1. The van der Waals surface area contributed by atoms with Gasteiger partial charge in [0.15, 0.2) is 5.75 Å². The van der Waals surface area contributed by atoms with Crippen LogP contribution in [0.2, 0.25) is 0 Å². The van der Waals surface area contributed by atoms with Crippen molar-refractivity contribution in [3.05, 3.63) is 64.0 Å². The number of pyridine rings is 1. The first kappa shape index (κ1) is 47.9. The van der Waals surface area contributed by atoms with E-state index in [4.69, 9.17) is 17.2 Å². The zero-order valence-electron chi connectivity index (χ0n) is 32.1. The number of benzene rings is 1. The zero-order chi connectivity index (χ0) is 43.2. The van der Waals surface area contributed by atoms with Gasteiger partial charge in [-0.25, -0.2) is 0 Å². The third-order valence-corrected chi connectivity index (χ3v) is 8.59. The van der Waals surface area contributed by atoms with E-state index in [0.717, 1.165) is 19.1 Å². The molecule has 5 atom stereocenters. The number of nitrogens with zero attached hydrogens (tertiary/aromatic N) is 2. The third-order valence-electron chi connectivity index (χ3n) is 8.59. The summed E-state index contributed by atoms with van der Waals surface area (Å²) in [7, 11) is 0. The van der Waals surface area contributed by atoms with Crippen molar-refractivity contribution in [2.45, 2.75) is 88.5 Å². The van der Waals surface area contributed by atoms with Crippen LogP contribution < -0.4 is 49.1 Å². The van der Waals surface area contributed by atoms with E-state index < -0.39 is 101 Å². The average molecular weight is 816 g/mol. The fourth-order valence-electron chi connectivity index (χ4n) is 5.56. The predicted octanol–water partition coefficient (Wildman–Crippen LogP) is -3.22. The van der Waals surface area contributed by atoms with Crippen LogP contribution in [-0.4, -0.2) is 118 Å². The average Bonchev–Trinajstić information content (AvgIpc) is 3.18. The Labute approximate surface area is 334 Å². The molecule has 0 unspecified atom stereocenters. The van der Waals surface area contributed by atoms with Gasteiger partial charge in [-0.3, -0.25) is 48.7 Å². The number of aliphatic hydroxyl groups is 1. The molecule has 0 saturated carbocycles. The number of hydrogen-bond acceptors (Lipinski definition) is 14. The Kier molecular flexibility index (Phi) is 20.7. The maximum Gasteiger partial charge on any atom is 0.310 e. The van der Waals surface area contributed by atoms with Crippen LogP contribution in [-0.2, 0) is 46.4 Å². The summed E-state index contributed by atoms with van der Waals surface area (Å²) in [6.07, 6.45) is 2.94. The summed E-state index contributed by atoms with van der Waals surface area (Å²) >= 11 is 0. The molecule has 0 saturated heterocycles. The Hall–Kier alpha value is -6.26. The first-order valence-electron chi connectivity index (χ1n) is 18.5. The van der Waals surface area contributed by atoms with Crippen LogP contribution in [0.25, 0.3) is 0 Å². The van der Waals surface area contributed by atoms with Crippen LogP contribution in [0.3, 0.4) is 0 Å². The van der Waals surface area contributed by atoms with Crippen molar-refractivity contribution in [3.8, 4) is 5.75 Å². The fraction of sp³-hybridized carbons (Fsp3) is 0.500. The van der Waals surface area contributed by atoms with Gasteiger partial charge >= 0.3 is 5.69 Å². The molecule has 0 radical (unpaired) electrons. The van der Waals surface area contributed by atoms with Gasteiger partial charge in [0.05, 0.1) is 18.1 Å². The van der Waals surface area contributed by atoms with Gasteiger partial charge < -0.3 is 59.3 Å². The molecule has 2 rings (SSSR count). The van der Waals surface area contributed by atoms with E-state index in [2.05, 4.69) is 36.9 Å². The maximum atomic E-state index is 13.9. The zero-order valence-corrected chi connectivity index (χ0v) is 32.1. The summed E-state index contributed by atoms with van der Waals surface area (Å²) in [6, 6.07) is 1.55. The number of hydrogen-bond donors (Lipinski definition) is 11. The molecule has 1 heterocycles. The molecule has 0 bridgehead atoms. The summed E-state index contributed by atoms with van der Waals surface area (Å²) in [5.74, 6) is -6.41. The first-order chi connectivity index (χ1) is 27.6. The highest BCUT2D eigenvalue weighted by Gasteiger charge is 2.31. The van der Waals surface area contributed by atoms with Crippen LogP contribution in [0, 0.1) is 10.1 Å². The van der Waals surface area contributed by atoms with Crippen LogP contribution in [0.4, 0.5) is 5.69 Å². The molecule has 1 aromatic heterocycles. The molecule has 22 nitrogen and oxygen atoms in total. The van der Waals surface area contributed by atoms with E-state index in [1.165, 1.54) is 12.3 Å². The van der Waals surface area contributed by atoms with Crippen molar-refractivity contribution in [2.24, 2.45) is 17.2 Å². The fourth-order valence-corrected chi connectivity index (χ4v) is 5.56. The Bertz CT molecular complexity index is 1730. The van der Waals surface area contributed by atoms with Gasteiger partial charge in [-0.2, -0.15) is 0 Å². The normalized spacial score (nSPS) is 13.4. The summed E-state index contributed by atoms with van der Waals surface area (Å²) < 4.78 is 0. The van der Waals surface area contributed by atoms with Crippen molar-refractivity contribution in [1.29, 1.82) is 0 Å². The van der Waals surface area contributed by atoms with Gasteiger partial charge in [0.2, 0.25) is 41.4 Å². The molecule has 14 N–H and O–H groups in total. The predicted molar refractivity (Wildman–Crippen MR) is 207 cm³/mol. The Morgan fingerprint density at radius 3 is 1.90 bits per heavy atom. The number of rotatable bonds is 26. The highest BCUT2D eigenvalue weighted by atomic mass is 16.6. The van der Waals surface area contributed by atoms with Gasteiger partial charge in [0.25, 0.3) is 0 Å². The standard InChI is InChI=1S/C36H53N11O11/c1-21(49)42-28(20-48)36(56)45-25(10-3-6-14-38)33(53)41-19-31(51)43-27(18-23-8-4-7-15-40-23)35(55)46-26(16-22-11-12-30(50)29(17-22)47(57)58)34(54)44-24(32(39)52)9-2-5-13-37/h4,7-8,11-12,15,17,24-28,48,50H,2-3,5-6,9-10,13-14,16,18-20,37-38H2,1H3,(H2,39,52)(H,41,53)(H,42,49)(H,43,51)(H,44,54)(H,45,56)(H,46,55)/t24-,25-,26-,27-,28-/m0/s1. The quantitative estimate of drug-likeness (QED) is 0.0253. The van der Waals surface area contributed by atoms with E-state index in [1.54, 1.807) is 18.2 Å². The highest BCUT2D eigenvalue weighted by Crippen LogP contribution is 2.27. The number of phenolic OH excluding ortho intramolecular Hbond substituents is 1. The minimum atomic E-state index is -1.51. The van der Waals surface area contributed by atoms with Crippen LogP contribution in [0.1, 0.15) is 56.7 Å². The van der Waals surface area contributed by atoms with Crippen LogP contribution >= 0.6 is 0 Å². The molecule has 1 aromatic carbocycles. The second-order valence-corrected chi connectivity index (χ2v) is 13.2. The smallest absolute Gasteiger partial charge is 0.310 e. The van der Waals surface area contributed by atoms with Crippen molar-refractivity contribution >= 4 is 47.0 Å². The molecular formula is C36H53N11O11. The SMILES string of the molecule is CC(=O)N[C@@H](CO)C(=O)N[C@@H](CCCCN)C(=O)NCC(=O)N[C@@H](Cc1ccccn1)C(=O)N[C@@H](Cc1ccc(O)c([N+](=O)[O-])c1)C(=O)N[C@@H](CCCCN)C(N)=O. The summed E-state index contributed by atoms with van der Waals surface area (Å²) in [6.45, 7) is 0.330. The topological polar surface area (TPSA) is 366 Å². The largest absolute Gasteiger partial charge is 0.502 e. The first-order valence-corrected chi connectivity index (χ1v) is 18.5. The third kappa shape index (κ3) is 16.9. The number of phenols is 1. The lowest BCUT2D eigenvalue weighted by Crippen LogP contribution is -2.58. The summed E-state index contributed by atoms with van der Waals surface area (Å²) in [4.78, 5) is 105. The molecular weight excluding hydrogens is 762 g/mol. The second kappa shape index (κ2) is 25.1. The van der Waals surface area contributed by atoms with Gasteiger partial charge in [-0.15, -0.1) is 0 Å². The van der Waals surface area contributed by atoms with E-state index >= 15 is 0 Å². The number of carbonyl (C=O) groups excluding carboxylic acids is 7. The molecule has 318 valence electrons. The van der Waals surface area contributed by atoms with Gasteiger partial charge in [-0.1, -0.05) is 12.1 Å². The number of aromatic nitrogens is 1. The van der Waals surface area contributed by atoms with E-state index in [1.807, 2.05) is 0 Å². The van der Waals surface area contributed by atoms with Gasteiger partial charge in [-0.05, 0) is 75.4 Å². The molecule has 7 amide bonds. The minimum Gasteiger partial charge on any atom is -0.502 e. The van der Waals surface area contributed by atoms with Crippen molar-refractivity contribution in [3.63, 3.8) is 0 Å². The lowest BCUT2D eigenvalue weighted by atomic mass is 10.0. The van der Waals surface area contributed by atoms with Gasteiger partial charge in [0, 0.05) is 37.7 Å². The van der Waals surface area contributed by atoms with Crippen molar-refractivity contribution in [2.75, 3.05) is 26.2 Å². The molecule has 58 heavy (non-hydrogen) atoms. The Balaban J connectivity index is 2.35. The van der Waals surface area contributed by atoms with E-state index in [-0.39, 0.29) is 31.2 Å². The molecule has 22 heteroatoms. The summed E-state index contributed by atoms with van der Waals surface area (Å²) in [5, 5.41) is 45.7. The number of nitrogens with two attached hydrogens (primary N) is 3. The maximum absolute atomic E-state index is 13.9. The van der Waals surface area contributed by atoms with Crippen LogP contribution in [0.15, 0.2) is 42.6 Å². The number of unbranched alkanes of at least 4 members (excludes halogenated alkanes) is 2. The highest BCUT2D eigenvalue weighted by molar-refractivity contribution is 5.96. The second-order valence-electron chi connectivity index (χ2n) is 13.2. The lowest BCUT2D eigenvalue weighted by molar-refractivity contribution is -0.385. The molecule has 0 fully saturated rings. The number of nitro benzene ring substituents is 1. The molecule has 0 aliphatic heterocycles. The monoisotopic (exact) mass is 815 g/mol. The molecule has 0 aliphatic rings. The number of nitrogens with one attached hydrogen (secondary N) is 6. The van der Waals surface area contributed by atoms with E-state index in [0.29, 0.717) is 44.5 Å². The number of carbonyl (C=O) groups is 7. The molecule has 0 spiro atoms. The lowest BCUT2D eigenvalue weighted by Gasteiger charge is -2.25. The van der Waals surface area contributed by atoms with Crippen molar-refractivity contribution in [1.82, 2.24) is 36.9 Å². The van der Waals surface area contributed by atoms with E-state index in [9.17, 15) is 53.9 Å². The van der Waals surface area contributed by atoms with Crippen molar-refractivity contribution < 1.29 is 48.7 Å². The Morgan fingerprint density at radius 1 is 0.759 bits per heavy atom. The number of aromatic hydroxyl groups is 1. The number of nitro groups is 1. The number of amides is 7. The molecule has 0 aliphatic carbocycles. The van der Waals surface area contributed by atoms with Crippen LogP contribution in [0.5, 0.6) is 5.75 Å². The molecule has 2 aromatic rings.